The largest absolute Gasteiger partial charge is 0.335 e. The van der Waals surface area contributed by atoms with Gasteiger partial charge in [-0.2, -0.15) is 5.10 Å². The molecule has 2 aromatic rings. The van der Waals surface area contributed by atoms with Crippen molar-refractivity contribution in [3.8, 4) is 11.3 Å². The molecular weight excluding hydrogens is 310 g/mol. The number of hydrogen-bond donors (Lipinski definition) is 1. The Hall–Kier alpha value is -2.10. The molecule has 1 aromatic heterocycles. The van der Waals surface area contributed by atoms with Crippen LogP contribution >= 0.6 is 0 Å². The van der Waals surface area contributed by atoms with E-state index in [1.54, 1.807) is 0 Å². The van der Waals surface area contributed by atoms with Gasteiger partial charge in [-0.25, -0.2) is 0 Å². The standard InChI is InChI=1S/C21H25N3O/c1-13-19(20(23-22-13)17-5-3-2-4-6-17)21(25)24-12-16-8-14-7-15(9-16)11-18(24)10-14/h2-6,14-16,18H,7-12H2,1H3,(H,22,23). The smallest absolute Gasteiger partial charge is 0.258 e. The molecule has 2 saturated heterocycles. The first kappa shape index (κ1) is 15.2. The number of carbonyl (C=O) groups excluding carboxylic acids is 1. The maximum absolute atomic E-state index is 13.6. The lowest BCUT2D eigenvalue weighted by Crippen LogP contribution is -2.42. The number of rotatable bonds is 2. The summed E-state index contributed by atoms with van der Waals surface area (Å²) in [6, 6.07) is 10.5. The van der Waals surface area contributed by atoms with Gasteiger partial charge in [-0.05, 0) is 56.8 Å². The summed E-state index contributed by atoms with van der Waals surface area (Å²) in [5, 5.41) is 7.51. The minimum Gasteiger partial charge on any atom is -0.335 e. The van der Waals surface area contributed by atoms with E-state index >= 15 is 0 Å². The lowest BCUT2D eigenvalue weighted by atomic mass is 9.68. The van der Waals surface area contributed by atoms with Gasteiger partial charge in [-0.1, -0.05) is 30.3 Å². The van der Waals surface area contributed by atoms with Crippen LogP contribution in [0.1, 0.15) is 48.2 Å². The molecule has 1 aromatic carbocycles. The van der Waals surface area contributed by atoms with Crippen molar-refractivity contribution in [3.63, 3.8) is 0 Å². The molecule has 4 heteroatoms. The fourth-order valence-corrected chi connectivity index (χ4v) is 5.67. The zero-order valence-corrected chi connectivity index (χ0v) is 14.7. The van der Waals surface area contributed by atoms with Crippen molar-refractivity contribution in [1.82, 2.24) is 15.1 Å². The van der Waals surface area contributed by atoms with Crippen LogP contribution in [0, 0.1) is 24.7 Å². The third-order valence-electron chi connectivity index (χ3n) is 6.58. The van der Waals surface area contributed by atoms with Crippen LogP contribution < -0.4 is 0 Å². The van der Waals surface area contributed by atoms with Gasteiger partial charge in [0.05, 0.1) is 5.56 Å². The number of nitrogens with zero attached hydrogens (tertiary/aromatic N) is 2. The molecule has 1 N–H and O–H groups in total. The Morgan fingerprint density at radius 2 is 1.72 bits per heavy atom. The van der Waals surface area contributed by atoms with Crippen LogP contribution in [-0.4, -0.2) is 33.6 Å². The second-order valence-electron chi connectivity index (χ2n) is 8.33. The minimum atomic E-state index is 0.184. The molecular formula is C21H25N3O. The highest BCUT2D eigenvalue weighted by Gasteiger charge is 2.44. The van der Waals surface area contributed by atoms with E-state index in [1.165, 1.54) is 32.1 Å². The van der Waals surface area contributed by atoms with E-state index in [9.17, 15) is 4.79 Å². The van der Waals surface area contributed by atoms with Crippen LogP contribution in [0.2, 0.25) is 0 Å². The molecule has 0 radical (unpaired) electrons. The topological polar surface area (TPSA) is 49.0 Å². The number of aryl methyl sites for hydroxylation is 1. The van der Waals surface area contributed by atoms with Crippen LogP contribution in [0.25, 0.3) is 11.3 Å². The fraction of sp³-hybridized carbons (Fsp3) is 0.524. The molecule has 25 heavy (non-hydrogen) atoms. The maximum atomic E-state index is 13.6. The normalized spacial score (nSPS) is 30.5. The molecule has 2 aliphatic carbocycles. The summed E-state index contributed by atoms with van der Waals surface area (Å²) in [5.74, 6) is 2.58. The zero-order chi connectivity index (χ0) is 17.0. The second kappa shape index (κ2) is 5.72. The number of benzene rings is 1. The molecule has 2 aliphatic heterocycles. The van der Waals surface area contributed by atoms with E-state index in [1.807, 2.05) is 37.3 Å². The van der Waals surface area contributed by atoms with Crippen molar-refractivity contribution < 1.29 is 4.79 Å². The summed E-state index contributed by atoms with van der Waals surface area (Å²) in [5.41, 5.74) is 3.46. The van der Waals surface area contributed by atoms with E-state index in [-0.39, 0.29) is 5.91 Å². The van der Waals surface area contributed by atoms with Gasteiger partial charge in [-0.3, -0.25) is 9.89 Å². The van der Waals surface area contributed by atoms with E-state index in [4.69, 9.17) is 0 Å². The lowest BCUT2D eigenvalue weighted by molar-refractivity contribution is 0.0633. The molecule has 4 fully saturated rings. The second-order valence-corrected chi connectivity index (χ2v) is 8.33. The van der Waals surface area contributed by atoms with Gasteiger partial charge in [0.2, 0.25) is 0 Å². The molecule has 4 nitrogen and oxygen atoms in total. The molecule has 130 valence electrons. The van der Waals surface area contributed by atoms with Crippen molar-refractivity contribution in [3.05, 3.63) is 41.6 Å². The Morgan fingerprint density at radius 1 is 1.04 bits per heavy atom. The number of H-pyrrole nitrogens is 1. The highest BCUT2D eigenvalue weighted by molar-refractivity contribution is 6.01. The van der Waals surface area contributed by atoms with Gasteiger partial charge in [0.15, 0.2) is 0 Å². The number of fused-ring (bicyclic) bond motifs is 1. The quantitative estimate of drug-likeness (QED) is 0.900. The van der Waals surface area contributed by atoms with Crippen molar-refractivity contribution in [2.24, 2.45) is 17.8 Å². The summed E-state index contributed by atoms with van der Waals surface area (Å²) < 4.78 is 0. The lowest BCUT2D eigenvalue weighted by Gasteiger charge is -2.39. The number of aromatic amines is 1. The maximum Gasteiger partial charge on any atom is 0.258 e. The molecule has 2 unspecified atom stereocenters. The number of hydrogen-bond acceptors (Lipinski definition) is 2. The Morgan fingerprint density at radius 3 is 2.44 bits per heavy atom. The van der Waals surface area contributed by atoms with E-state index in [0.29, 0.717) is 12.0 Å². The predicted molar refractivity (Wildman–Crippen MR) is 97.1 cm³/mol. The number of aromatic nitrogens is 2. The SMILES string of the molecule is Cc1[nH]nc(-c2ccccc2)c1C(=O)N1CC2CC3CC(C2)CC1C3. The molecule has 0 spiro atoms. The molecule has 2 saturated carbocycles. The number of carbonyl (C=O) groups is 1. The Labute approximate surface area is 148 Å². The highest BCUT2D eigenvalue weighted by atomic mass is 16.2. The van der Waals surface area contributed by atoms with E-state index in [2.05, 4.69) is 15.1 Å². The third-order valence-corrected chi connectivity index (χ3v) is 6.58. The fourth-order valence-electron chi connectivity index (χ4n) is 5.67. The molecule has 1 amide bonds. The van der Waals surface area contributed by atoms with Gasteiger partial charge >= 0.3 is 0 Å². The van der Waals surface area contributed by atoms with Gasteiger partial charge in [0.25, 0.3) is 5.91 Å². The van der Waals surface area contributed by atoms with Crippen molar-refractivity contribution in [2.45, 2.75) is 45.1 Å². The van der Waals surface area contributed by atoms with E-state index in [0.717, 1.165) is 40.9 Å². The van der Waals surface area contributed by atoms with Crippen LogP contribution in [0.15, 0.2) is 30.3 Å². The summed E-state index contributed by atoms with van der Waals surface area (Å²) >= 11 is 0. The van der Waals surface area contributed by atoms with Crippen molar-refractivity contribution in [1.29, 1.82) is 0 Å². The zero-order valence-electron chi connectivity index (χ0n) is 14.7. The first-order valence-electron chi connectivity index (χ1n) is 9.60. The van der Waals surface area contributed by atoms with Gasteiger partial charge in [0.1, 0.15) is 5.69 Å². The molecule has 2 atom stereocenters. The van der Waals surface area contributed by atoms with Crippen molar-refractivity contribution in [2.75, 3.05) is 6.54 Å². The highest BCUT2D eigenvalue weighted by Crippen LogP contribution is 2.48. The molecule has 3 heterocycles. The average molecular weight is 335 g/mol. The summed E-state index contributed by atoms with van der Waals surface area (Å²) in [4.78, 5) is 15.8. The van der Waals surface area contributed by atoms with Crippen LogP contribution in [-0.2, 0) is 0 Å². The molecule has 4 aliphatic rings. The Balaban J connectivity index is 1.52. The van der Waals surface area contributed by atoms with Crippen LogP contribution in [0.5, 0.6) is 0 Å². The average Bonchev–Trinajstić information content (AvgIpc) is 2.89. The van der Waals surface area contributed by atoms with Gasteiger partial charge in [0, 0.05) is 23.8 Å². The third kappa shape index (κ3) is 2.50. The first-order valence-corrected chi connectivity index (χ1v) is 9.60. The minimum absolute atomic E-state index is 0.184. The molecule has 4 bridgehead atoms. The number of amides is 1. The van der Waals surface area contributed by atoms with Gasteiger partial charge in [-0.15, -0.1) is 0 Å². The van der Waals surface area contributed by atoms with Gasteiger partial charge < -0.3 is 4.90 Å². The predicted octanol–water partition coefficient (Wildman–Crippen LogP) is 4.04. The van der Waals surface area contributed by atoms with Crippen LogP contribution in [0.3, 0.4) is 0 Å². The summed E-state index contributed by atoms with van der Waals surface area (Å²) in [7, 11) is 0. The Kier molecular flexibility index (Phi) is 3.47. The summed E-state index contributed by atoms with van der Waals surface area (Å²) in [6.07, 6.45) is 6.46. The number of nitrogens with one attached hydrogen (secondary N) is 1. The van der Waals surface area contributed by atoms with E-state index < -0.39 is 0 Å². The molecule has 6 rings (SSSR count). The Bertz CT molecular complexity index is 783. The monoisotopic (exact) mass is 335 g/mol. The van der Waals surface area contributed by atoms with Crippen LogP contribution in [0.4, 0.5) is 0 Å². The first-order chi connectivity index (χ1) is 12.2. The van der Waals surface area contributed by atoms with Crippen molar-refractivity contribution >= 4 is 5.91 Å². The summed E-state index contributed by atoms with van der Waals surface area (Å²) in [6.45, 7) is 2.91.